The molecule has 0 aromatic carbocycles. The summed E-state index contributed by atoms with van der Waals surface area (Å²) >= 11 is 4.83. The molecule has 1 heterocycles. The molecule has 0 aromatic rings. The second-order valence-electron chi connectivity index (χ2n) is 5.20. The van der Waals surface area contributed by atoms with Crippen LogP contribution in [0.5, 0.6) is 0 Å². The Bertz CT molecular complexity index is 406. The van der Waals surface area contributed by atoms with Gasteiger partial charge in [0, 0.05) is 39.7 Å². The Morgan fingerprint density at radius 2 is 2.00 bits per heavy atom. The van der Waals surface area contributed by atoms with Crippen LogP contribution in [-0.2, 0) is 14.9 Å². The Balaban J connectivity index is 2.72. The van der Waals surface area contributed by atoms with Crippen molar-refractivity contribution in [2.24, 2.45) is 11.7 Å². The van der Waals surface area contributed by atoms with Crippen LogP contribution in [0.25, 0.3) is 0 Å². The Hall–Kier alpha value is -0.280. The van der Waals surface area contributed by atoms with E-state index in [4.69, 9.17) is 22.7 Å². The van der Waals surface area contributed by atoms with Crippen LogP contribution in [0.2, 0.25) is 0 Å². The number of methoxy groups -OCH3 is 1. The second kappa shape index (κ2) is 8.23. The van der Waals surface area contributed by atoms with E-state index >= 15 is 0 Å². The lowest BCUT2D eigenvalue weighted by Gasteiger charge is -2.34. The summed E-state index contributed by atoms with van der Waals surface area (Å²) in [5.41, 5.74) is 5.47. The third-order valence-electron chi connectivity index (χ3n) is 3.55. The highest BCUT2D eigenvalue weighted by Crippen LogP contribution is 2.20. The third kappa shape index (κ3) is 5.25. The summed E-state index contributed by atoms with van der Waals surface area (Å²) in [6.07, 6.45) is 2.21. The van der Waals surface area contributed by atoms with Gasteiger partial charge >= 0.3 is 0 Å². The van der Waals surface area contributed by atoms with Crippen LogP contribution in [0.3, 0.4) is 0 Å². The molecular weight excluding hydrogens is 298 g/mol. The van der Waals surface area contributed by atoms with Crippen LogP contribution < -0.4 is 5.73 Å². The average molecular weight is 323 g/mol. The number of piperidine rings is 1. The van der Waals surface area contributed by atoms with E-state index in [9.17, 15) is 8.42 Å². The highest BCUT2D eigenvalue weighted by atomic mass is 32.2. The minimum absolute atomic E-state index is 0.313. The van der Waals surface area contributed by atoms with Crippen LogP contribution in [0.15, 0.2) is 0 Å². The van der Waals surface area contributed by atoms with Gasteiger partial charge in [0.2, 0.25) is 0 Å². The van der Waals surface area contributed by atoms with Crippen molar-refractivity contribution < 1.29 is 13.2 Å². The Kier molecular flexibility index (Phi) is 7.32. The fourth-order valence-electron chi connectivity index (χ4n) is 2.15. The van der Waals surface area contributed by atoms with Gasteiger partial charge in [-0.1, -0.05) is 19.1 Å². The zero-order valence-electron chi connectivity index (χ0n) is 12.2. The van der Waals surface area contributed by atoms with E-state index in [2.05, 4.69) is 6.92 Å². The van der Waals surface area contributed by atoms with Gasteiger partial charge in [-0.2, -0.15) is 17.0 Å². The second-order valence-corrected chi connectivity index (χ2v) is 7.65. The van der Waals surface area contributed by atoms with Crippen LogP contribution >= 0.6 is 12.2 Å². The van der Waals surface area contributed by atoms with Gasteiger partial charge in [-0.3, -0.25) is 0 Å². The number of ether oxygens (including phenoxy) is 1. The fourth-order valence-corrected chi connectivity index (χ4v) is 3.87. The van der Waals surface area contributed by atoms with Gasteiger partial charge in [0.15, 0.2) is 0 Å². The molecule has 0 amide bonds. The maximum Gasteiger partial charge on any atom is 0.282 e. The van der Waals surface area contributed by atoms with Gasteiger partial charge in [0.25, 0.3) is 10.2 Å². The van der Waals surface area contributed by atoms with Gasteiger partial charge in [0.1, 0.15) is 0 Å². The van der Waals surface area contributed by atoms with E-state index in [0.29, 0.717) is 50.1 Å². The van der Waals surface area contributed by atoms with Crippen LogP contribution in [0, 0.1) is 5.92 Å². The molecule has 20 heavy (non-hydrogen) atoms. The molecule has 0 atom stereocenters. The molecule has 2 N–H and O–H groups in total. The van der Waals surface area contributed by atoms with Crippen molar-refractivity contribution in [3.8, 4) is 0 Å². The first-order valence-electron chi connectivity index (χ1n) is 6.90. The van der Waals surface area contributed by atoms with E-state index in [0.717, 1.165) is 12.8 Å². The Morgan fingerprint density at radius 1 is 1.40 bits per heavy atom. The molecule has 0 unspecified atom stereocenters. The Labute approximate surface area is 127 Å². The van der Waals surface area contributed by atoms with Gasteiger partial charge < -0.3 is 10.5 Å². The summed E-state index contributed by atoms with van der Waals surface area (Å²) in [6, 6.07) is 0. The van der Waals surface area contributed by atoms with E-state index in [-0.39, 0.29) is 0 Å². The van der Waals surface area contributed by atoms with Gasteiger partial charge in [-0.15, -0.1) is 0 Å². The van der Waals surface area contributed by atoms with E-state index < -0.39 is 10.2 Å². The topological polar surface area (TPSA) is 75.9 Å². The molecule has 0 aliphatic carbocycles. The minimum atomic E-state index is -3.44. The molecule has 6 nitrogen and oxygen atoms in total. The first kappa shape index (κ1) is 17.8. The van der Waals surface area contributed by atoms with Crippen molar-refractivity contribution in [3.63, 3.8) is 0 Å². The SMILES string of the molecule is COCCN(CCC(N)=S)S(=O)(=O)N1CCC(C)CC1. The van der Waals surface area contributed by atoms with Gasteiger partial charge in [0.05, 0.1) is 11.6 Å². The summed E-state index contributed by atoms with van der Waals surface area (Å²) in [6.45, 7) is 4.32. The number of nitrogens with two attached hydrogens (primary N) is 1. The summed E-state index contributed by atoms with van der Waals surface area (Å²) < 4.78 is 33.2. The highest BCUT2D eigenvalue weighted by Gasteiger charge is 2.31. The molecule has 0 spiro atoms. The molecule has 0 radical (unpaired) electrons. The number of thiocarbonyl (C=S) groups is 1. The number of rotatable bonds is 8. The average Bonchev–Trinajstić information content (AvgIpc) is 2.38. The molecule has 0 aromatic heterocycles. The van der Waals surface area contributed by atoms with Crippen molar-refractivity contribution in [2.75, 3.05) is 39.9 Å². The summed E-state index contributed by atoms with van der Waals surface area (Å²) in [5.74, 6) is 0.588. The van der Waals surface area contributed by atoms with Crippen molar-refractivity contribution in [3.05, 3.63) is 0 Å². The van der Waals surface area contributed by atoms with E-state index in [1.165, 1.54) is 4.31 Å². The third-order valence-corrected chi connectivity index (χ3v) is 5.79. The number of hydrogen-bond donors (Lipinski definition) is 1. The monoisotopic (exact) mass is 323 g/mol. The molecule has 0 saturated carbocycles. The zero-order chi connectivity index (χ0) is 15.2. The van der Waals surface area contributed by atoms with Crippen LogP contribution in [0.1, 0.15) is 26.2 Å². The number of nitrogens with zero attached hydrogens (tertiary/aromatic N) is 2. The van der Waals surface area contributed by atoms with Crippen molar-refractivity contribution in [1.82, 2.24) is 8.61 Å². The zero-order valence-corrected chi connectivity index (χ0v) is 13.9. The molecule has 1 aliphatic rings. The maximum absolute atomic E-state index is 12.6. The van der Waals surface area contributed by atoms with Crippen LogP contribution in [0.4, 0.5) is 0 Å². The molecule has 8 heteroatoms. The predicted molar refractivity (Wildman–Crippen MR) is 83.7 cm³/mol. The first-order chi connectivity index (χ1) is 9.37. The smallest absolute Gasteiger partial charge is 0.282 e. The fraction of sp³-hybridized carbons (Fsp3) is 0.917. The van der Waals surface area contributed by atoms with Crippen LogP contribution in [-0.4, -0.2) is 61.9 Å². The first-order valence-corrected chi connectivity index (χ1v) is 8.71. The van der Waals surface area contributed by atoms with Gasteiger partial charge in [-0.25, -0.2) is 0 Å². The van der Waals surface area contributed by atoms with Gasteiger partial charge in [-0.05, 0) is 18.8 Å². The lowest BCUT2D eigenvalue weighted by atomic mass is 10.0. The summed E-state index contributed by atoms with van der Waals surface area (Å²) in [7, 11) is -1.89. The Morgan fingerprint density at radius 3 is 2.50 bits per heavy atom. The molecular formula is C12H25N3O3S2. The quantitative estimate of drug-likeness (QED) is 0.662. The highest BCUT2D eigenvalue weighted by molar-refractivity contribution is 7.86. The summed E-state index contributed by atoms with van der Waals surface area (Å²) in [4.78, 5) is 0.329. The number of hydrogen-bond acceptors (Lipinski definition) is 4. The van der Waals surface area contributed by atoms with Crippen molar-refractivity contribution in [1.29, 1.82) is 0 Å². The minimum Gasteiger partial charge on any atom is -0.393 e. The van der Waals surface area contributed by atoms with E-state index in [1.54, 1.807) is 11.4 Å². The van der Waals surface area contributed by atoms with Crippen molar-refractivity contribution in [2.45, 2.75) is 26.2 Å². The lowest BCUT2D eigenvalue weighted by Crippen LogP contribution is -2.48. The van der Waals surface area contributed by atoms with E-state index in [1.807, 2.05) is 0 Å². The normalized spacial score (nSPS) is 18.6. The molecule has 118 valence electrons. The molecule has 1 aliphatic heterocycles. The molecule has 1 rings (SSSR count). The predicted octanol–water partition coefficient (Wildman–Crippen LogP) is 0.588. The van der Waals surface area contributed by atoms with Crippen molar-refractivity contribution >= 4 is 27.4 Å². The molecule has 1 fully saturated rings. The molecule has 1 saturated heterocycles. The maximum atomic E-state index is 12.6. The largest absolute Gasteiger partial charge is 0.393 e. The molecule has 0 bridgehead atoms. The summed E-state index contributed by atoms with van der Waals surface area (Å²) in [5, 5.41) is 0. The lowest BCUT2D eigenvalue weighted by molar-refractivity contribution is 0.174. The standard InChI is InChI=1S/C12H25N3O3S2/c1-11-3-6-14(7-4-11)20(16,17)15(9-10-18-2)8-5-12(13)19/h11H,3-10H2,1-2H3,(H2,13,19).